The summed E-state index contributed by atoms with van der Waals surface area (Å²) in [7, 11) is 0. The number of hydrogen-bond acceptors (Lipinski definition) is 6. The van der Waals surface area contributed by atoms with Crippen molar-refractivity contribution in [2.45, 2.75) is 30.4 Å². The number of halogens is 7. The van der Waals surface area contributed by atoms with Crippen LogP contribution in [0, 0.1) is 29.5 Å². The molecule has 8 nitrogen and oxygen atoms in total. The van der Waals surface area contributed by atoms with Crippen LogP contribution in [-0.2, 0) is 30.8 Å². The zero-order valence-corrected chi connectivity index (χ0v) is 30.2. The Labute approximate surface area is 317 Å². The molecule has 3 unspecified atom stereocenters. The van der Waals surface area contributed by atoms with Crippen molar-refractivity contribution in [1.82, 2.24) is 9.99 Å². The van der Waals surface area contributed by atoms with Crippen LogP contribution in [-0.4, -0.2) is 33.6 Å². The molecule has 4 aliphatic rings. The molecular formula is C38H25BrCl2F4N4O4. The molecule has 2 saturated heterocycles. The van der Waals surface area contributed by atoms with E-state index in [1.807, 2.05) is 6.08 Å². The van der Waals surface area contributed by atoms with Gasteiger partial charge in [-0.1, -0.05) is 71.2 Å². The van der Waals surface area contributed by atoms with Gasteiger partial charge in [-0.15, -0.1) is 0 Å². The standard InChI is InChI=1S/C38H25BrCl2F4N4O4/c39-27-14-18(6-13-29(27)42)31-23-11-12-24-30(35(52)48(33(24)50)22-4-2-1-3-5-22)25(23)16-26-34(51)49(36(53)37(26,31)19-7-9-21(40)10-8-19)47-32-28(41)15-20(17-46-32)38(43,44)45/h1-11,13-15,17,24-26,30-31H,12,16H2,(H,46,47)/t24?,25?,26-,30?,31-,37+/m0/s1. The Bertz CT molecular complexity index is 2260. The number of anilines is 2. The van der Waals surface area contributed by atoms with Gasteiger partial charge in [-0.2, -0.15) is 18.2 Å². The van der Waals surface area contributed by atoms with E-state index in [-0.39, 0.29) is 29.0 Å². The molecule has 0 spiro atoms. The second-order valence-corrected chi connectivity index (χ2v) is 15.1. The van der Waals surface area contributed by atoms with Crippen LogP contribution < -0.4 is 10.3 Å². The summed E-state index contributed by atoms with van der Waals surface area (Å²) in [5.74, 6) is -7.81. The largest absolute Gasteiger partial charge is 0.417 e. The molecule has 8 rings (SSSR count). The first-order valence-corrected chi connectivity index (χ1v) is 18.0. The number of aromatic nitrogens is 1. The first kappa shape index (κ1) is 35.4. The second kappa shape index (κ2) is 12.8. The normalized spacial score (nSPS) is 26.7. The highest BCUT2D eigenvalue weighted by molar-refractivity contribution is 9.10. The van der Waals surface area contributed by atoms with Crippen LogP contribution in [0.25, 0.3) is 0 Å². The number of carbonyl (C=O) groups is 4. The van der Waals surface area contributed by atoms with E-state index in [0.717, 1.165) is 0 Å². The summed E-state index contributed by atoms with van der Waals surface area (Å²) in [4.78, 5) is 63.1. The van der Waals surface area contributed by atoms with Gasteiger partial charge in [0.15, 0.2) is 5.82 Å². The van der Waals surface area contributed by atoms with Gasteiger partial charge in [0, 0.05) is 17.1 Å². The highest BCUT2D eigenvalue weighted by atomic mass is 79.9. The van der Waals surface area contributed by atoms with E-state index in [2.05, 4.69) is 26.3 Å². The minimum atomic E-state index is -4.75. The van der Waals surface area contributed by atoms with E-state index in [1.54, 1.807) is 54.6 Å². The molecule has 53 heavy (non-hydrogen) atoms. The lowest BCUT2D eigenvalue weighted by molar-refractivity contribution is -0.139. The van der Waals surface area contributed by atoms with Crippen molar-refractivity contribution in [2.24, 2.45) is 23.7 Å². The first-order valence-electron chi connectivity index (χ1n) is 16.4. The molecule has 3 fully saturated rings. The van der Waals surface area contributed by atoms with E-state index in [9.17, 15) is 31.9 Å². The maximum atomic E-state index is 15.2. The van der Waals surface area contributed by atoms with Gasteiger partial charge >= 0.3 is 6.18 Å². The van der Waals surface area contributed by atoms with Crippen LogP contribution in [0.4, 0.5) is 29.1 Å². The third-order valence-corrected chi connectivity index (χ3v) is 12.0. The Morgan fingerprint density at radius 2 is 1.60 bits per heavy atom. The molecule has 1 aromatic heterocycles. The number of hydrogen-bond donors (Lipinski definition) is 1. The predicted octanol–water partition coefficient (Wildman–Crippen LogP) is 8.50. The Balaban J connectivity index is 1.31. The van der Waals surface area contributed by atoms with Crippen LogP contribution in [0.15, 0.2) is 101 Å². The molecule has 2 aliphatic heterocycles. The fourth-order valence-electron chi connectivity index (χ4n) is 8.68. The van der Waals surface area contributed by atoms with Crippen molar-refractivity contribution < 1.29 is 36.7 Å². The third-order valence-electron chi connectivity index (χ3n) is 10.8. The number of alkyl halides is 3. The lowest BCUT2D eigenvalue weighted by Crippen LogP contribution is -2.53. The van der Waals surface area contributed by atoms with Gasteiger partial charge in [0.2, 0.25) is 11.8 Å². The quantitative estimate of drug-likeness (QED) is 0.123. The summed E-state index contributed by atoms with van der Waals surface area (Å²) in [6, 6.07) is 19.8. The maximum Gasteiger partial charge on any atom is 0.417 e. The average Bonchev–Trinajstić information content (AvgIpc) is 3.51. The number of carbonyl (C=O) groups excluding carboxylic acids is 4. The van der Waals surface area contributed by atoms with Gasteiger partial charge in [0.25, 0.3) is 11.8 Å². The Morgan fingerprint density at radius 3 is 2.26 bits per heavy atom. The zero-order valence-electron chi connectivity index (χ0n) is 27.1. The lowest BCUT2D eigenvalue weighted by Gasteiger charge is -2.50. The third kappa shape index (κ3) is 5.41. The van der Waals surface area contributed by atoms with Crippen molar-refractivity contribution in [2.75, 3.05) is 10.3 Å². The van der Waals surface area contributed by atoms with Crippen LogP contribution in [0.3, 0.4) is 0 Å². The van der Waals surface area contributed by atoms with Crippen molar-refractivity contribution in [3.8, 4) is 0 Å². The van der Waals surface area contributed by atoms with E-state index in [1.165, 1.54) is 23.1 Å². The zero-order chi connectivity index (χ0) is 37.6. The fraction of sp³-hybridized carbons (Fsp3) is 0.237. The molecule has 270 valence electrons. The SMILES string of the molecule is O=C1[C@@H]2CC3C(=CCC4C(=O)N(c5ccccc5)C(=O)C43)[C@H](c3ccc(F)c(Br)c3)[C@]2(c2ccc(Cl)cc2)C(=O)N1Nc1ncc(C(F)(F)F)cc1Cl. The highest BCUT2D eigenvalue weighted by Gasteiger charge is 2.70. The number of pyridine rings is 1. The topological polar surface area (TPSA) is 99.7 Å². The van der Waals surface area contributed by atoms with Crippen LogP contribution in [0.2, 0.25) is 10.0 Å². The highest BCUT2D eigenvalue weighted by Crippen LogP contribution is 2.64. The summed E-state index contributed by atoms with van der Waals surface area (Å²) < 4.78 is 55.2. The molecule has 2 aliphatic carbocycles. The number of allylic oxidation sites excluding steroid dienone is 2. The number of nitrogens with one attached hydrogen (secondary N) is 1. The molecular weight excluding hydrogens is 803 g/mol. The number of para-hydroxylation sites is 1. The molecule has 1 saturated carbocycles. The molecule has 0 bridgehead atoms. The molecule has 3 aromatic carbocycles. The molecule has 15 heteroatoms. The van der Waals surface area contributed by atoms with Gasteiger partial charge in [0.05, 0.1) is 43.9 Å². The number of nitrogens with zero attached hydrogens (tertiary/aromatic N) is 3. The number of hydrazine groups is 1. The number of imide groups is 2. The van der Waals surface area contributed by atoms with Crippen molar-refractivity contribution >= 4 is 74.3 Å². The van der Waals surface area contributed by atoms with Crippen molar-refractivity contribution in [3.63, 3.8) is 0 Å². The number of amides is 4. The maximum absolute atomic E-state index is 15.2. The van der Waals surface area contributed by atoms with E-state index >= 15 is 4.79 Å². The Morgan fingerprint density at radius 1 is 0.887 bits per heavy atom. The number of rotatable bonds is 5. The Kier molecular flexibility index (Phi) is 8.54. The smallest absolute Gasteiger partial charge is 0.274 e. The van der Waals surface area contributed by atoms with Crippen LogP contribution in [0.1, 0.15) is 35.4 Å². The van der Waals surface area contributed by atoms with Gasteiger partial charge in [-0.25, -0.2) is 9.37 Å². The molecule has 1 N–H and O–H groups in total. The monoisotopic (exact) mass is 826 g/mol. The minimum Gasteiger partial charge on any atom is -0.274 e. The summed E-state index contributed by atoms with van der Waals surface area (Å²) in [5.41, 5.74) is 1.57. The summed E-state index contributed by atoms with van der Waals surface area (Å²) >= 11 is 15.8. The van der Waals surface area contributed by atoms with Crippen molar-refractivity contribution in [3.05, 3.63) is 134 Å². The van der Waals surface area contributed by atoms with E-state index < -0.39 is 75.3 Å². The fourth-order valence-corrected chi connectivity index (χ4v) is 9.41. The predicted molar refractivity (Wildman–Crippen MR) is 190 cm³/mol. The number of fused-ring (bicyclic) bond motifs is 4. The summed E-state index contributed by atoms with van der Waals surface area (Å²) in [6.45, 7) is 0. The Hall–Kier alpha value is -4.59. The molecule has 4 amide bonds. The first-order chi connectivity index (χ1) is 25.2. The average molecular weight is 828 g/mol. The van der Waals surface area contributed by atoms with E-state index in [0.29, 0.717) is 44.7 Å². The summed E-state index contributed by atoms with van der Waals surface area (Å²) in [6.07, 6.45) is -2.26. The van der Waals surface area contributed by atoms with Gasteiger partial charge in [-0.3, -0.25) is 29.5 Å². The molecule has 0 radical (unpaired) electrons. The lowest BCUT2D eigenvalue weighted by atomic mass is 9.49. The summed E-state index contributed by atoms with van der Waals surface area (Å²) in [5, 5.41) is 0.560. The van der Waals surface area contributed by atoms with Crippen LogP contribution >= 0.6 is 39.1 Å². The molecule has 4 aromatic rings. The molecule has 3 heterocycles. The van der Waals surface area contributed by atoms with Gasteiger partial charge in [-0.05, 0) is 88.3 Å². The van der Waals surface area contributed by atoms with Gasteiger partial charge < -0.3 is 0 Å². The van der Waals surface area contributed by atoms with E-state index in [4.69, 9.17) is 23.2 Å². The molecule has 6 atom stereocenters. The number of benzene rings is 3. The van der Waals surface area contributed by atoms with Crippen molar-refractivity contribution in [1.29, 1.82) is 0 Å². The van der Waals surface area contributed by atoms with Gasteiger partial charge in [0.1, 0.15) is 5.82 Å². The van der Waals surface area contributed by atoms with Crippen LogP contribution in [0.5, 0.6) is 0 Å². The minimum absolute atomic E-state index is 0.0485. The second-order valence-electron chi connectivity index (χ2n) is 13.4.